The molecule has 1 aromatic carbocycles. The van der Waals surface area contributed by atoms with Crippen LogP contribution in [0.25, 0.3) is 0 Å². The van der Waals surface area contributed by atoms with E-state index in [9.17, 15) is 0 Å². The quantitative estimate of drug-likeness (QED) is 0.853. The molecule has 128 valence electrons. The Labute approximate surface area is 144 Å². The third-order valence-electron chi connectivity index (χ3n) is 4.38. The first-order valence-corrected chi connectivity index (χ1v) is 8.85. The summed E-state index contributed by atoms with van der Waals surface area (Å²) in [4.78, 5) is 11.5. The Bertz CT molecular complexity index is 635. The van der Waals surface area contributed by atoms with E-state index in [-0.39, 0.29) is 0 Å². The smallest absolute Gasteiger partial charge is 0.224 e. The van der Waals surface area contributed by atoms with Crippen molar-refractivity contribution in [2.75, 3.05) is 30.3 Å². The van der Waals surface area contributed by atoms with Gasteiger partial charge in [-0.05, 0) is 32.3 Å². The molecule has 0 spiro atoms. The van der Waals surface area contributed by atoms with Gasteiger partial charge in [-0.1, -0.05) is 30.3 Å². The Kier molecular flexibility index (Phi) is 5.64. The number of aromatic nitrogens is 2. The summed E-state index contributed by atoms with van der Waals surface area (Å²) in [5, 5.41) is 6.78. The van der Waals surface area contributed by atoms with Crippen molar-refractivity contribution >= 4 is 11.8 Å². The van der Waals surface area contributed by atoms with Gasteiger partial charge in [-0.15, -0.1) is 0 Å². The van der Waals surface area contributed by atoms with E-state index in [4.69, 9.17) is 0 Å². The average Bonchev–Trinajstić information content (AvgIpc) is 2.57. The summed E-state index contributed by atoms with van der Waals surface area (Å²) >= 11 is 0. The Morgan fingerprint density at radius 3 is 2.58 bits per heavy atom. The Hall–Kier alpha value is -2.14. The summed E-state index contributed by atoms with van der Waals surface area (Å²) in [5.74, 6) is 1.64. The van der Waals surface area contributed by atoms with Crippen LogP contribution in [0.2, 0.25) is 0 Å². The Balaban J connectivity index is 1.52. The highest BCUT2D eigenvalue weighted by molar-refractivity contribution is 5.42. The summed E-state index contributed by atoms with van der Waals surface area (Å²) in [7, 11) is 0. The minimum absolute atomic E-state index is 0.487. The molecule has 1 saturated heterocycles. The third kappa shape index (κ3) is 4.68. The summed E-state index contributed by atoms with van der Waals surface area (Å²) in [6.45, 7) is 8.19. The van der Waals surface area contributed by atoms with Gasteiger partial charge >= 0.3 is 0 Å². The van der Waals surface area contributed by atoms with Crippen molar-refractivity contribution in [2.45, 2.75) is 39.3 Å². The fourth-order valence-corrected chi connectivity index (χ4v) is 3.17. The van der Waals surface area contributed by atoms with Gasteiger partial charge in [-0.25, -0.2) is 4.98 Å². The number of nitrogens with one attached hydrogen (secondary N) is 2. The topological polar surface area (TPSA) is 53.1 Å². The van der Waals surface area contributed by atoms with Gasteiger partial charge < -0.3 is 10.6 Å². The molecule has 0 radical (unpaired) electrons. The van der Waals surface area contributed by atoms with Gasteiger partial charge in [0, 0.05) is 44.0 Å². The lowest BCUT2D eigenvalue weighted by Crippen LogP contribution is -2.38. The molecule has 0 atom stereocenters. The van der Waals surface area contributed by atoms with Crippen LogP contribution in [0.1, 0.15) is 31.0 Å². The number of piperidine rings is 1. The zero-order chi connectivity index (χ0) is 16.8. The van der Waals surface area contributed by atoms with Crippen molar-refractivity contribution in [3.8, 4) is 0 Å². The molecule has 0 saturated carbocycles. The molecule has 2 N–H and O–H groups in total. The molecule has 0 bridgehead atoms. The second-order valence-electron chi connectivity index (χ2n) is 6.43. The average molecular weight is 325 g/mol. The van der Waals surface area contributed by atoms with Gasteiger partial charge in [0.1, 0.15) is 5.82 Å². The maximum Gasteiger partial charge on any atom is 0.224 e. The molecule has 5 nitrogen and oxygen atoms in total. The van der Waals surface area contributed by atoms with E-state index in [1.165, 1.54) is 5.56 Å². The lowest BCUT2D eigenvalue weighted by atomic mass is 10.0. The number of aryl methyl sites for hydroxylation is 1. The van der Waals surface area contributed by atoms with E-state index in [1.54, 1.807) is 0 Å². The third-order valence-corrected chi connectivity index (χ3v) is 4.38. The van der Waals surface area contributed by atoms with Crippen molar-refractivity contribution < 1.29 is 0 Å². The fraction of sp³-hybridized carbons (Fsp3) is 0.474. The summed E-state index contributed by atoms with van der Waals surface area (Å²) in [6, 6.07) is 13.2. The molecule has 1 aliphatic heterocycles. The molecule has 0 amide bonds. The van der Waals surface area contributed by atoms with Gasteiger partial charge in [-0.3, -0.25) is 4.90 Å². The first-order chi connectivity index (χ1) is 11.7. The highest BCUT2D eigenvalue weighted by atomic mass is 15.2. The zero-order valence-corrected chi connectivity index (χ0v) is 14.6. The number of hydrogen-bond acceptors (Lipinski definition) is 5. The zero-order valence-electron chi connectivity index (χ0n) is 14.6. The van der Waals surface area contributed by atoms with Gasteiger partial charge in [0.25, 0.3) is 0 Å². The van der Waals surface area contributed by atoms with E-state index in [1.807, 2.05) is 13.0 Å². The maximum absolute atomic E-state index is 4.56. The molecule has 0 aliphatic carbocycles. The van der Waals surface area contributed by atoms with Gasteiger partial charge in [0.05, 0.1) is 0 Å². The molecule has 3 rings (SSSR count). The van der Waals surface area contributed by atoms with Crippen LogP contribution in [-0.4, -0.2) is 40.5 Å². The van der Waals surface area contributed by atoms with E-state index in [0.29, 0.717) is 12.0 Å². The van der Waals surface area contributed by atoms with Crippen LogP contribution >= 0.6 is 0 Å². The summed E-state index contributed by atoms with van der Waals surface area (Å²) in [6.07, 6.45) is 2.29. The largest absolute Gasteiger partial charge is 0.367 e. The lowest BCUT2D eigenvalue weighted by Gasteiger charge is -2.32. The van der Waals surface area contributed by atoms with Crippen molar-refractivity contribution in [3.05, 3.63) is 47.7 Å². The van der Waals surface area contributed by atoms with E-state index < -0.39 is 0 Å². The molecule has 1 fully saturated rings. The van der Waals surface area contributed by atoms with Crippen molar-refractivity contribution in [1.29, 1.82) is 0 Å². The predicted molar refractivity (Wildman–Crippen MR) is 99.3 cm³/mol. The number of nitrogens with zero attached hydrogens (tertiary/aromatic N) is 3. The molecular weight excluding hydrogens is 298 g/mol. The van der Waals surface area contributed by atoms with Gasteiger partial charge in [-0.2, -0.15) is 4.98 Å². The standard InChI is InChI=1S/C19H27N5/c1-3-20-19-21-15(2)13-18(23-19)22-17-9-11-24(12-10-17)14-16-7-5-4-6-8-16/h4-8,13,17H,3,9-12,14H2,1-2H3,(H2,20,21,22,23). The SMILES string of the molecule is CCNc1nc(C)cc(NC2CCN(Cc3ccccc3)CC2)n1. The number of anilines is 2. The maximum atomic E-state index is 4.56. The van der Waals surface area contributed by atoms with Crippen LogP contribution < -0.4 is 10.6 Å². The minimum atomic E-state index is 0.487. The van der Waals surface area contributed by atoms with Crippen LogP contribution in [0.4, 0.5) is 11.8 Å². The Morgan fingerprint density at radius 1 is 1.12 bits per heavy atom. The lowest BCUT2D eigenvalue weighted by molar-refractivity contribution is 0.211. The highest BCUT2D eigenvalue weighted by Crippen LogP contribution is 2.18. The van der Waals surface area contributed by atoms with Crippen LogP contribution in [0.15, 0.2) is 36.4 Å². The normalized spacial score (nSPS) is 16.1. The summed E-state index contributed by atoms with van der Waals surface area (Å²) < 4.78 is 0. The molecule has 2 aromatic rings. The van der Waals surface area contributed by atoms with Gasteiger partial charge in [0.15, 0.2) is 0 Å². The molecule has 1 aliphatic rings. The first kappa shape index (κ1) is 16.7. The highest BCUT2D eigenvalue weighted by Gasteiger charge is 2.19. The van der Waals surface area contributed by atoms with Crippen LogP contribution in [0.5, 0.6) is 0 Å². The number of likely N-dealkylation sites (tertiary alicyclic amines) is 1. The van der Waals surface area contributed by atoms with Crippen molar-refractivity contribution in [1.82, 2.24) is 14.9 Å². The molecule has 5 heteroatoms. The van der Waals surface area contributed by atoms with Crippen LogP contribution in [0, 0.1) is 6.92 Å². The van der Waals surface area contributed by atoms with Crippen LogP contribution in [0.3, 0.4) is 0 Å². The van der Waals surface area contributed by atoms with Gasteiger partial charge in [0.2, 0.25) is 5.95 Å². The molecular formula is C19H27N5. The number of rotatable bonds is 6. The second-order valence-corrected chi connectivity index (χ2v) is 6.43. The molecule has 0 unspecified atom stereocenters. The van der Waals surface area contributed by atoms with E-state index >= 15 is 0 Å². The fourth-order valence-electron chi connectivity index (χ4n) is 3.17. The van der Waals surface area contributed by atoms with Crippen LogP contribution in [-0.2, 0) is 6.54 Å². The monoisotopic (exact) mass is 325 g/mol. The molecule has 2 heterocycles. The Morgan fingerprint density at radius 2 is 1.88 bits per heavy atom. The molecule has 1 aromatic heterocycles. The summed E-state index contributed by atoms with van der Waals surface area (Å²) in [5.41, 5.74) is 2.38. The van der Waals surface area contributed by atoms with E-state index in [0.717, 1.165) is 50.5 Å². The van der Waals surface area contributed by atoms with Crippen molar-refractivity contribution in [2.24, 2.45) is 0 Å². The number of hydrogen-bond donors (Lipinski definition) is 2. The number of benzene rings is 1. The predicted octanol–water partition coefficient (Wildman–Crippen LogP) is 3.29. The molecule has 24 heavy (non-hydrogen) atoms. The second kappa shape index (κ2) is 8.11. The van der Waals surface area contributed by atoms with Crippen molar-refractivity contribution in [3.63, 3.8) is 0 Å². The minimum Gasteiger partial charge on any atom is -0.367 e. The first-order valence-electron chi connectivity index (χ1n) is 8.85. The van der Waals surface area contributed by atoms with E-state index in [2.05, 4.69) is 62.8 Å².